The second-order valence-corrected chi connectivity index (χ2v) is 6.75. The van der Waals surface area contributed by atoms with Crippen molar-refractivity contribution in [1.29, 1.82) is 0 Å². The predicted octanol–water partition coefficient (Wildman–Crippen LogP) is 2.23. The van der Waals surface area contributed by atoms with Crippen molar-refractivity contribution >= 4 is 11.8 Å². The molecule has 1 aromatic rings. The zero-order valence-corrected chi connectivity index (χ0v) is 14.7. The lowest BCUT2D eigenvalue weighted by Gasteiger charge is -2.36. The number of likely N-dealkylation sites (tertiary alicyclic amines) is 1. The van der Waals surface area contributed by atoms with Gasteiger partial charge in [0.1, 0.15) is 6.04 Å². The lowest BCUT2D eigenvalue weighted by atomic mass is 9.93. The summed E-state index contributed by atoms with van der Waals surface area (Å²) in [6.07, 6.45) is 3.80. The van der Waals surface area contributed by atoms with Gasteiger partial charge in [0.2, 0.25) is 11.8 Å². The first-order valence-corrected chi connectivity index (χ1v) is 8.91. The Morgan fingerprint density at radius 2 is 2.04 bits per heavy atom. The molecule has 2 amide bonds. The van der Waals surface area contributed by atoms with Gasteiger partial charge in [-0.05, 0) is 38.3 Å². The maximum atomic E-state index is 12.5. The Kier molecular flexibility index (Phi) is 6.79. The van der Waals surface area contributed by atoms with Crippen molar-refractivity contribution in [2.45, 2.75) is 51.6 Å². The minimum Gasteiger partial charge on any atom is -0.368 e. The van der Waals surface area contributed by atoms with E-state index < -0.39 is 6.04 Å². The Balaban J connectivity index is 2.05. The van der Waals surface area contributed by atoms with Crippen LogP contribution < -0.4 is 11.1 Å². The molecule has 0 unspecified atom stereocenters. The zero-order chi connectivity index (χ0) is 17.5. The monoisotopic (exact) mass is 331 g/mol. The Morgan fingerprint density at radius 3 is 2.67 bits per heavy atom. The SMILES string of the molecule is CCC[C@H](C)NC(=O)[C@@H]1CCCN([C@@H](C(N)=O)c2ccccc2)C1. The maximum absolute atomic E-state index is 12.5. The van der Waals surface area contributed by atoms with Crippen LogP contribution in [0.2, 0.25) is 0 Å². The number of hydrogen-bond donors (Lipinski definition) is 2. The minimum atomic E-state index is -0.463. The molecule has 1 heterocycles. The van der Waals surface area contributed by atoms with Crippen LogP contribution in [0.1, 0.15) is 51.1 Å². The Bertz CT molecular complexity index is 547. The number of primary amides is 1. The number of nitrogens with two attached hydrogens (primary N) is 1. The summed E-state index contributed by atoms with van der Waals surface area (Å²) in [5, 5.41) is 3.10. The molecule has 0 radical (unpaired) electrons. The highest BCUT2D eigenvalue weighted by Gasteiger charge is 2.33. The van der Waals surface area contributed by atoms with Crippen LogP contribution in [0.15, 0.2) is 30.3 Å². The van der Waals surface area contributed by atoms with Gasteiger partial charge in [0.15, 0.2) is 0 Å². The standard InChI is InChI=1S/C19H29N3O2/c1-3-8-14(2)21-19(24)16-11-7-12-22(13-16)17(18(20)23)15-9-5-4-6-10-15/h4-6,9-10,14,16-17H,3,7-8,11-13H2,1-2H3,(H2,20,23)(H,21,24)/t14-,16+,17+/m0/s1. The molecule has 0 bridgehead atoms. The average Bonchev–Trinajstić information content (AvgIpc) is 2.56. The molecule has 132 valence electrons. The Labute approximate surface area is 144 Å². The molecule has 1 fully saturated rings. The number of carbonyl (C=O) groups excluding carboxylic acids is 2. The van der Waals surface area contributed by atoms with E-state index in [1.165, 1.54) is 0 Å². The number of rotatable bonds is 7. The van der Waals surface area contributed by atoms with Gasteiger partial charge < -0.3 is 11.1 Å². The molecule has 0 aliphatic carbocycles. The Morgan fingerprint density at radius 1 is 1.33 bits per heavy atom. The largest absolute Gasteiger partial charge is 0.368 e. The number of piperidine rings is 1. The molecule has 0 spiro atoms. The van der Waals surface area contributed by atoms with Gasteiger partial charge in [-0.1, -0.05) is 43.7 Å². The fourth-order valence-electron chi connectivity index (χ4n) is 3.51. The Hall–Kier alpha value is -1.88. The van der Waals surface area contributed by atoms with Gasteiger partial charge in [0, 0.05) is 12.6 Å². The molecule has 0 aromatic heterocycles. The molecule has 3 N–H and O–H groups in total. The number of benzene rings is 1. The third-order valence-corrected chi connectivity index (χ3v) is 4.68. The van der Waals surface area contributed by atoms with Crippen molar-refractivity contribution in [3.8, 4) is 0 Å². The second kappa shape index (κ2) is 8.83. The molecule has 1 aliphatic heterocycles. The van der Waals surface area contributed by atoms with E-state index in [0.717, 1.165) is 37.8 Å². The molecular formula is C19H29N3O2. The van der Waals surface area contributed by atoms with Gasteiger partial charge >= 0.3 is 0 Å². The number of nitrogens with zero attached hydrogens (tertiary/aromatic N) is 1. The summed E-state index contributed by atoms with van der Waals surface area (Å²) in [6.45, 7) is 5.52. The first-order valence-electron chi connectivity index (χ1n) is 8.91. The highest BCUT2D eigenvalue weighted by molar-refractivity contribution is 5.82. The first kappa shape index (κ1) is 18.5. The fraction of sp³-hybridized carbons (Fsp3) is 0.579. The quantitative estimate of drug-likeness (QED) is 0.804. The second-order valence-electron chi connectivity index (χ2n) is 6.75. The molecule has 2 rings (SSSR count). The van der Waals surface area contributed by atoms with Gasteiger partial charge in [0.05, 0.1) is 5.92 Å². The van der Waals surface area contributed by atoms with Crippen molar-refractivity contribution in [3.05, 3.63) is 35.9 Å². The molecule has 1 aromatic carbocycles. The van der Waals surface area contributed by atoms with E-state index >= 15 is 0 Å². The van der Waals surface area contributed by atoms with Crippen LogP contribution in [-0.2, 0) is 9.59 Å². The van der Waals surface area contributed by atoms with Crippen molar-refractivity contribution in [2.24, 2.45) is 11.7 Å². The smallest absolute Gasteiger partial charge is 0.239 e. The van der Waals surface area contributed by atoms with E-state index in [4.69, 9.17) is 5.73 Å². The number of carbonyl (C=O) groups is 2. The van der Waals surface area contributed by atoms with Gasteiger partial charge in [-0.25, -0.2) is 0 Å². The highest BCUT2D eigenvalue weighted by Crippen LogP contribution is 2.27. The summed E-state index contributed by atoms with van der Waals surface area (Å²) in [6, 6.07) is 9.31. The van der Waals surface area contributed by atoms with E-state index in [-0.39, 0.29) is 23.8 Å². The van der Waals surface area contributed by atoms with Crippen molar-refractivity contribution in [1.82, 2.24) is 10.2 Å². The summed E-state index contributed by atoms with van der Waals surface area (Å²) >= 11 is 0. The average molecular weight is 331 g/mol. The summed E-state index contributed by atoms with van der Waals surface area (Å²) < 4.78 is 0. The van der Waals surface area contributed by atoms with E-state index in [1.54, 1.807) is 0 Å². The minimum absolute atomic E-state index is 0.0800. The summed E-state index contributed by atoms with van der Waals surface area (Å²) in [5.74, 6) is -0.345. The zero-order valence-electron chi connectivity index (χ0n) is 14.7. The van der Waals surface area contributed by atoms with Crippen molar-refractivity contribution in [2.75, 3.05) is 13.1 Å². The van der Waals surface area contributed by atoms with E-state index in [1.807, 2.05) is 37.3 Å². The van der Waals surface area contributed by atoms with Crippen LogP contribution in [0.25, 0.3) is 0 Å². The summed E-state index contributed by atoms with van der Waals surface area (Å²) in [7, 11) is 0. The van der Waals surface area contributed by atoms with E-state index in [9.17, 15) is 9.59 Å². The van der Waals surface area contributed by atoms with Gasteiger partial charge in [-0.15, -0.1) is 0 Å². The summed E-state index contributed by atoms with van der Waals surface area (Å²) in [5.41, 5.74) is 6.55. The molecule has 24 heavy (non-hydrogen) atoms. The van der Waals surface area contributed by atoms with Crippen LogP contribution in [0.4, 0.5) is 0 Å². The van der Waals surface area contributed by atoms with E-state index in [0.29, 0.717) is 6.54 Å². The fourth-order valence-corrected chi connectivity index (χ4v) is 3.51. The highest BCUT2D eigenvalue weighted by atomic mass is 16.2. The van der Waals surface area contributed by atoms with Crippen LogP contribution >= 0.6 is 0 Å². The number of amides is 2. The van der Waals surface area contributed by atoms with Crippen LogP contribution in [-0.4, -0.2) is 35.8 Å². The molecule has 3 atom stereocenters. The predicted molar refractivity (Wildman–Crippen MR) is 95.2 cm³/mol. The van der Waals surface area contributed by atoms with Crippen molar-refractivity contribution < 1.29 is 9.59 Å². The number of nitrogens with one attached hydrogen (secondary N) is 1. The lowest BCUT2D eigenvalue weighted by Crippen LogP contribution is -2.48. The first-order chi connectivity index (χ1) is 11.5. The molecule has 5 heteroatoms. The molecule has 5 nitrogen and oxygen atoms in total. The van der Waals surface area contributed by atoms with Gasteiger partial charge in [0.25, 0.3) is 0 Å². The van der Waals surface area contributed by atoms with E-state index in [2.05, 4.69) is 17.1 Å². The summed E-state index contributed by atoms with van der Waals surface area (Å²) in [4.78, 5) is 26.6. The third kappa shape index (κ3) is 4.81. The topological polar surface area (TPSA) is 75.4 Å². The normalized spacial score (nSPS) is 21.0. The lowest BCUT2D eigenvalue weighted by molar-refractivity contribution is -0.131. The molecule has 1 aliphatic rings. The van der Waals surface area contributed by atoms with Crippen LogP contribution in [0.5, 0.6) is 0 Å². The number of hydrogen-bond acceptors (Lipinski definition) is 3. The van der Waals surface area contributed by atoms with Gasteiger partial charge in [-0.3, -0.25) is 14.5 Å². The van der Waals surface area contributed by atoms with Crippen LogP contribution in [0.3, 0.4) is 0 Å². The molecular weight excluding hydrogens is 302 g/mol. The van der Waals surface area contributed by atoms with Crippen LogP contribution in [0, 0.1) is 5.92 Å². The van der Waals surface area contributed by atoms with Gasteiger partial charge in [-0.2, -0.15) is 0 Å². The third-order valence-electron chi connectivity index (χ3n) is 4.68. The van der Waals surface area contributed by atoms with Crippen molar-refractivity contribution in [3.63, 3.8) is 0 Å². The maximum Gasteiger partial charge on any atom is 0.239 e. The molecule has 0 saturated carbocycles. The molecule has 1 saturated heterocycles.